The number of aromatic amines is 1. The molecule has 5 heteroatoms. The molecule has 0 fully saturated rings. The van der Waals surface area contributed by atoms with Gasteiger partial charge in [0.15, 0.2) is 5.96 Å². The minimum absolute atomic E-state index is 0.465. The third-order valence-corrected chi connectivity index (χ3v) is 2.92. The van der Waals surface area contributed by atoms with Crippen molar-refractivity contribution in [2.24, 2.45) is 10.7 Å². The number of H-pyrrole nitrogens is 1. The van der Waals surface area contributed by atoms with Crippen LogP contribution in [0.1, 0.15) is 5.56 Å². The average molecular weight is 246 g/mol. The summed E-state index contributed by atoms with van der Waals surface area (Å²) in [5, 5.41) is 4.23. The summed E-state index contributed by atoms with van der Waals surface area (Å²) in [5.74, 6) is 1.33. The molecule has 18 heavy (non-hydrogen) atoms. The normalized spacial score (nSPS) is 11.8. The Morgan fingerprint density at radius 3 is 3.06 bits per heavy atom. The van der Waals surface area contributed by atoms with E-state index < -0.39 is 0 Å². The molecule has 5 nitrogen and oxygen atoms in total. The summed E-state index contributed by atoms with van der Waals surface area (Å²) in [6, 6.07) is 6.01. The molecule has 1 aromatic carbocycles. The van der Waals surface area contributed by atoms with Crippen LogP contribution in [0.4, 0.5) is 0 Å². The molecule has 0 spiro atoms. The fourth-order valence-corrected chi connectivity index (χ4v) is 1.90. The Labute approximate surface area is 106 Å². The smallest absolute Gasteiger partial charge is 0.188 e. The number of fused-ring (bicyclic) bond motifs is 1. The van der Waals surface area contributed by atoms with Gasteiger partial charge in [-0.1, -0.05) is 0 Å². The van der Waals surface area contributed by atoms with Crippen LogP contribution in [0, 0.1) is 0 Å². The first-order valence-corrected chi connectivity index (χ1v) is 5.84. The Bertz CT molecular complexity index is 559. The van der Waals surface area contributed by atoms with Gasteiger partial charge >= 0.3 is 0 Å². The molecule has 4 N–H and O–H groups in total. The number of aliphatic imine (C=N–C) groups is 1. The molecule has 0 radical (unpaired) electrons. The molecule has 2 rings (SSSR count). The molecule has 1 heterocycles. The van der Waals surface area contributed by atoms with Crippen LogP contribution in [0.15, 0.2) is 29.4 Å². The summed E-state index contributed by atoms with van der Waals surface area (Å²) in [4.78, 5) is 7.10. The lowest BCUT2D eigenvalue weighted by molar-refractivity contribution is 0.415. The molecular weight excluding hydrogens is 228 g/mol. The SMILES string of the molecule is CN=C(N)NCCc1c[nH]c2ccc(OC)cc12. The number of rotatable bonds is 4. The number of benzene rings is 1. The predicted octanol–water partition coefficient (Wildman–Crippen LogP) is 1.25. The van der Waals surface area contributed by atoms with E-state index in [1.54, 1.807) is 14.2 Å². The third-order valence-electron chi connectivity index (χ3n) is 2.92. The molecular formula is C13H18N4O. The Kier molecular flexibility index (Phi) is 3.72. The number of hydrogen-bond acceptors (Lipinski definition) is 2. The van der Waals surface area contributed by atoms with Crippen LogP contribution in [0.25, 0.3) is 10.9 Å². The summed E-state index contributed by atoms with van der Waals surface area (Å²) in [6.45, 7) is 0.757. The molecule has 0 aliphatic heterocycles. The lowest BCUT2D eigenvalue weighted by Crippen LogP contribution is -2.32. The maximum Gasteiger partial charge on any atom is 0.188 e. The van der Waals surface area contributed by atoms with E-state index in [1.807, 2.05) is 24.4 Å². The van der Waals surface area contributed by atoms with Crippen molar-refractivity contribution < 1.29 is 4.74 Å². The Balaban J connectivity index is 2.13. The van der Waals surface area contributed by atoms with Gasteiger partial charge in [0.2, 0.25) is 0 Å². The zero-order valence-corrected chi connectivity index (χ0v) is 10.7. The van der Waals surface area contributed by atoms with Crippen LogP contribution in [0.2, 0.25) is 0 Å². The number of methoxy groups -OCH3 is 1. The van der Waals surface area contributed by atoms with Gasteiger partial charge in [0.05, 0.1) is 7.11 Å². The van der Waals surface area contributed by atoms with Crippen molar-refractivity contribution in [1.29, 1.82) is 0 Å². The van der Waals surface area contributed by atoms with E-state index in [0.717, 1.165) is 24.2 Å². The first kappa shape index (κ1) is 12.3. The second-order valence-corrected chi connectivity index (χ2v) is 4.01. The molecule has 0 bridgehead atoms. The summed E-state index contributed by atoms with van der Waals surface area (Å²) in [5.41, 5.74) is 7.93. The van der Waals surface area contributed by atoms with E-state index in [1.165, 1.54) is 10.9 Å². The van der Waals surface area contributed by atoms with Crippen molar-refractivity contribution in [3.63, 3.8) is 0 Å². The molecule has 0 aliphatic rings. The van der Waals surface area contributed by atoms with Crippen LogP contribution in [-0.2, 0) is 6.42 Å². The second-order valence-electron chi connectivity index (χ2n) is 4.01. The number of nitrogens with two attached hydrogens (primary N) is 1. The molecule has 0 saturated heterocycles. The minimum atomic E-state index is 0.465. The summed E-state index contributed by atoms with van der Waals surface area (Å²) >= 11 is 0. The summed E-state index contributed by atoms with van der Waals surface area (Å²) < 4.78 is 5.24. The van der Waals surface area contributed by atoms with Gasteiger partial charge in [-0.05, 0) is 30.2 Å². The van der Waals surface area contributed by atoms with Gasteiger partial charge in [-0.2, -0.15) is 0 Å². The molecule has 0 unspecified atom stereocenters. The fourth-order valence-electron chi connectivity index (χ4n) is 1.90. The highest BCUT2D eigenvalue weighted by Gasteiger charge is 2.04. The van der Waals surface area contributed by atoms with Gasteiger partial charge < -0.3 is 20.8 Å². The van der Waals surface area contributed by atoms with Crippen LogP contribution in [0.5, 0.6) is 5.75 Å². The van der Waals surface area contributed by atoms with Gasteiger partial charge in [0.1, 0.15) is 5.75 Å². The highest BCUT2D eigenvalue weighted by atomic mass is 16.5. The topological polar surface area (TPSA) is 75.4 Å². The number of aromatic nitrogens is 1. The summed E-state index contributed by atoms with van der Waals surface area (Å²) in [7, 11) is 3.34. The quantitative estimate of drug-likeness (QED) is 0.561. The standard InChI is InChI=1S/C13H18N4O/c1-15-13(14)16-6-5-9-8-17-12-4-3-10(18-2)7-11(9)12/h3-4,7-8,17H,5-6H2,1-2H3,(H3,14,15,16). The Hall–Kier alpha value is -2.17. The molecule has 0 saturated carbocycles. The number of nitrogens with zero attached hydrogens (tertiary/aromatic N) is 1. The lowest BCUT2D eigenvalue weighted by Gasteiger charge is -2.04. The van der Waals surface area contributed by atoms with Gasteiger partial charge in [0.25, 0.3) is 0 Å². The van der Waals surface area contributed by atoms with Gasteiger partial charge in [0, 0.05) is 30.7 Å². The second kappa shape index (κ2) is 5.44. The van der Waals surface area contributed by atoms with E-state index in [-0.39, 0.29) is 0 Å². The molecule has 0 aliphatic carbocycles. The summed E-state index contributed by atoms with van der Waals surface area (Å²) in [6.07, 6.45) is 2.90. The van der Waals surface area contributed by atoms with Crippen molar-refractivity contribution in [1.82, 2.24) is 10.3 Å². The van der Waals surface area contributed by atoms with E-state index in [9.17, 15) is 0 Å². The van der Waals surface area contributed by atoms with Gasteiger partial charge in [-0.15, -0.1) is 0 Å². The highest BCUT2D eigenvalue weighted by Crippen LogP contribution is 2.23. The van der Waals surface area contributed by atoms with Crippen LogP contribution < -0.4 is 15.8 Å². The van der Waals surface area contributed by atoms with E-state index >= 15 is 0 Å². The monoisotopic (exact) mass is 246 g/mol. The number of ether oxygens (including phenoxy) is 1. The zero-order valence-electron chi connectivity index (χ0n) is 10.7. The molecule has 96 valence electrons. The number of nitrogens with one attached hydrogen (secondary N) is 2. The highest BCUT2D eigenvalue weighted by molar-refractivity contribution is 5.84. The zero-order chi connectivity index (χ0) is 13.0. The maximum absolute atomic E-state index is 5.58. The van der Waals surface area contributed by atoms with Crippen molar-refractivity contribution in [3.05, 3.63) is 30.0 Å². The fraction of sp³-hybridized carbons (Fsp3) is 0.308. The van der Waals surface area contributed by atoms with Gasteiger partial charge in [-0.25, -0.2) is 0 Å². The average Bonchev–Trinajstić information content (AvgIpc) is 2.81. The lowest BCUT2D eigenvalue weighted by atomic mass is 10.1. The first-order valence-electron chi connectivity index (χ1n) is 5.84. The van der Waals surface area contributed by atoms with Crippen LogP contribution in [0.3, 0.4) is 0 Å². The van der Waals surface area contributed by atoms with E-state index in [2.05, 4.69) is 15.3 Å². The maximum atomic E-state index is 5.58. The van der Waals surface area contributed by atoms with Crippen molar-refractivity contribution in [2.45, 2.75) is 6.42 Å². The Morgan fingerprint density at radius 1 is 1.50 bits per heavy atom. The first-order chi connectivity index (χ1) is 8.74. The molecule has 0 atom stereocenters. The molecule has 0 amide bonds. The molecule has 1 aromatic heterocycles. The number of hydrogen-bond donors (Lipinski definition) is 3. The predicted molar refractivity (Wildman–Crippen MR) is 74.1 cm³/mol. The Morgan fingerprint density at radius 2 is 2.33 bits per heavy atom. The van der Waals surface area contributed by atoms with E-state index in [4.69, 9.17) is 10.5 Å². The van der Waals surface area contributed by atoms with Crippen LogP contribution in [-0.4, -0.2) is 31.6 Å². The van der Waals surface area contributed by atoms with E-state index in [0.29, 0.717) is 5.96 Å². The largest absolute Gasteiger partial charge is 0.497 e. The third kappa shape index (κ3) is 2.56. The van der Waals surface area contributed by atoms with Crippen molar-refractivity contribution >= 4 is 16.9 Å². The van der Waals surface area contributed by atoms with Gasteiger partial charge in [-0.3, -0.25) is 4.99 Å². The number of guanidine groups is 1. The van der Waals surface area contributed by atoms with Crippen LogP contribution >= 0.6 is 0 Å². The van der Waals surface area contributed by atoms with Crippen molar-refractivity contribution in [2.75, 3.05) is 20.7 Å². The minimum Gasteiger partial charge on any atom is -0.497 e. The molecule has 2 aromatic rings. The van der Waals surface area contributed by atoms with Crippen molar-refractivity contribution in [3.8, 4) is 5.75 Å².